The SMILES string of the molecule is C#C[P+](CS(=O)(=O)O)(CS(=O)(=O)O)CS(=O)(=O)O.CCP(C)CC.CCP(C)CC.CCP(C)CC. The average molecular weight is 654 g/mol. The van der Waals surface area contributed by atoms with Gasteiger partial charge < -0.3 is 0 Å². The van der Waals surface area contributed by atoms with Crippen LogP contribution in [0.2, 0.25) is 0 Å². The van der Waals surface area contributed by atoms with E-state index in [1.54, 1.807) is 5.66 Å². The van der Waals surface area contributed by atoms with Crippen molar-refractivity contribution in [1.29, 1.82) is 0 Å². The van der Waals surface area contributed by atoms with Crippen LogP contribution in [-0.2, 0) is 30.4 Å². The topological polar surface area (TPSA) is 163 Å². The summed E-state index contributed by atoms with van der Waals surface area (Å²) < 4.78 is 90.2. The van der Waals surface area contributed by atoms with Gasteiger partial charge in [0.15, 0.2) is 16.5 Å². The van der Waals surface area contributed by atoms with Crippen LogP contribution in [0.25, 0.3) is 0 Å². The van der Waals surface area contributed by atoms with E-state index in [1.807, 2.05) is 0 Å². The molecule has 16 heteroatoms. The second kappa shape index (κ2) is 22.8. The molecule has 0 aromatic carbocycles. The van der Waals surface area contributed by atoms with E-state index >= 15 is 0 Å². The second-order valence-corrected chi connectivity index (χ2v) is 25.9. The third-order valence-corrected chi connectivity index (χ3v) is 21.6. The fraction of sp³-hybridized carbons (Fsp3) is 0.900. The Labute approximate surface area is 226 Å². The summed E-state index contributed by atoms with van der Waals surface area (Å²) >= 11 is 0. The number of terminal acetylenes is 1. The standard InChI is InChI=1S/C5H9O9PS3.3C5H13P/c1-2-15(3-16(6,7)8,4-17(9,10)11)5-18(12,13)14;3*1-4-6(3)5-2/h1H,3-5H2,(H2-,6,7,8,9,10,11,12,13,14);3*4-5H2,1-3H3/p+1. The predicted octanol–water partition coefficient (Wildman–Crippen LogP) is 5.54. The summed E-state index contributed by atoms with van der Waals surface area (Å²) in [5.41, 5.74) is -2.33. The van der Waals surface area contributed by atoms with E-state index in [-0.39, 0.29) is 0 Å². The monoisotopic (exact) mass is 653 g/mol. The van der Waals surface area contributed by atoms with Crippen molar-refractivity contribution in [1.82, 2.24) is 0 Å². The summed E-state index contributed by atoms with van der Waals surface area (Å²) in [6.07, 6.45) is 13.3. The summed E-state index contributed by atoms with van der Waals surface area (Å²) in [6.45, 7) is 20.6. The second-order valence-electron chi connectivity index (χ2n) is 7.87. The summed E-state index contributed by atoms with van der Waals surface area (Å²) in [6, 6.07) is 0. The molecule has 9 nitrogen and oxygen atoms in total. The molecule has 36 heavy (non-hydrogen) atoms. The van der Waals surface area contributed by atoms with Gasteiger partial charge in [-0.25, -0.2) is 0 Å². The quantitative estimate of drug-likeness (QED) is 0.139. The van der Waals surface area contributed by atoms with Gasteiger partial charge in [0.1, 0.15) is 7.26 Å². The Morgan fingerprint density at radius 3 is 0.778 bits per heavy atom. The molecular weight excluding hydrogens is 604 g/mol. The maximum atomic E-state index is 10.7. The molecule has 0 atom stereocenters. The fourth-order valence-electron chi connectivity index (χ4n) is 1.83. The van der Waals surface area contributed by atoms with Gasteiger partial charge in [-0.05, 0) is 57.0 Å². The minimum Gasteiger partial charge on any atom is -0.283 e. The summed E-state index contributed by atoms with van der Waals surface area (Å²) in [4.78, 5) is 0. The Morgan fingerprint density at radius 1 is 0.556 bits per heavy atom. The van der Waals surface area contributed by atoms with E-state index in [0.29, 0.717) is 23.8 Å². The van der Waals surface area contributed by atoms with Gasteiger partial charge in [-0.15, -0.1) is 23.8 Å². The van der Waals surface area contributed by atoms with Gasteiger partial charge in [0.05, 0.1) is 5.66 Å². The highest BCUT2D eigenvalue weighted by molar-refractivity contribution is 8.11. The van der Waals surface area contributed by atoms with Crippen molar-refractivity contribution in [2.75, 3.05) is 73.4 Å². The van der Waals surface area contributed by atoms with Gasteiger partial charge in [-0.1, -0.05) is 48.0 Å². The molecule has 0 spiro atoms. The predicted molar refractivity (Wildman–Crippen MR) is 167 cm³/mol. The molecule has 0 aromatic heterocycles. The molecule has 0 rings (SSSR count). The lowest BCUT2D eigenvalue weighted by Gasteiger charge is -2.16. The summed E-state index contributed by atoms with van der Waals surface area (Å²) in [7, 11) is -16.9. The molecule has 0 aliphatic rings. The lowest BCUT2D eigenvalue weighted by molar-refractivity contribution is 0.488. The van der Waals surface area contributed by atoms with Gasteiger partial charge in [-0.2, -0.15) is 25.3 Å². The molecule has 3 N–H and O–H groups in total. The molecule has 0 saturated carbocycles. The largest absolute Gasteiger partial charge is 0.301 e. The maximum absolute atomic E-state index is 10.7. The number of hydrogen-bond acceptors (Lipinski definition) is 6. The van der Waals surface area contributed by atoms with Crippen LogP contribution in [0.3, 0.4) is 0 Å². The first-order valence-electron chi connectivity index (χ1n) is 11.4. The fourth-order valence-corrected chi connectivity index (χ4v) is 14.5. The molecule has 0 aliphatic carbocycles. The van der Waals surface area contributed by atoms with Gasteiger partial charge >= 0.3 is 30.4 Å². The average Bonchev–Trinajstić information content (AvgIpc) is 2.74. The van der Waals surface area contributed by atoms with Crippen LogP contribution in [0.1, 0.15) is 41.5 Å². The Kier molecular flexibility index (Phi) is 27.9. The highest BCUT2D eigenvalue weighted by Gasteiger charge is 2.49. The minimum atomic E-state index is -4.78. The van der Waals surface area contributed by atoms with Gasteiger partial charge in [0.2, 0.25) is 0 Å². The zero-order chi connectivity index (χ0) is 29.8. The van der Waals surface area contributed by atoms with Crippen LogP contribution in [0, 0.1) is 12.1 Å². The first kappa shape index (κ1) is 44.0. The Morgan fingerprint density at radius 2 is 0.722 bits per heavy atom. The minimum absolute atomic E-state index is 0.424. The maximum Gasteiger partial charge on any atom is 0.301 e. The Bertz CT molecular complexity index is 784. The molecule has 0 aromatic rings. The molecule has 220 valence electrons. The summed E-state index contributed by atoms with van der Waals surface area (Å²) in [5, 5.41) is 0. The zero-order valence-electron chi connectivity index (χ0n) is 23.2. The van der Waals surface area contributed by atoms with E-state index in [9.17, 15) is 25.3 Å². The van der Waals surface area contributed by atoms with Crippen LogP contribution >= 0.6 is 31.0 Å². The van der Waals surface area contributed by atoms with Gasteiger partial charge in [0, 0.05) is 0 Å². The zero-order valence-corrected chi connectivity index (χ0v) is 29.3. The van der Waals surface area contributed by atoms with Gasteiger partial charge in [0.25, 0.3) is 0 Å². The highest BCUT2D eigenvalue weighted by atomic mass is 32.2. The normalized spacial score (nSPS) is 12.1. The van der Waals surface area contributed by atoms with Crippen LogP contribution < -0.4 is 0 Å². The highest BCUT2D eigenvalue weighted by Crippen LogP contribution is 2.60. The Balaban J connectivity index is -0.000000231. The molecule has 0 fully saturated rings. The van der Waals surface area contributed by atoms with Crippen LogP contribution in [0.4, 0.5) is 0 Å². The van der Waals surface area contributed by atoms with E-state index in [4.69, 9.17) is 20.1 Å². The van der Waals surface area contributed by atoms with Gasteiger partial charge in [-0.3, -0.25) is 13.7 Å². The number of hydrogen-bond donors (Lipinski definition) is 3. The molecule has 0 heterocycles. The van der Waals surface area contributed by atoms with Crippen molar-refractivity contribution in [3.63, 3.8) is 0 Å². The van der Waals surface area contributed by atoms with E-state index in [1.165, 1.54) is 37.0 Å². The van der Waals surface area contributed by atoms with Crippen molar-refractivity contribution < 1.29 is 38.9 Å². The smallest absolute Gasteiger partial charge is 0.283 e. The molecule has 0 aliphatic heterocycles. The lowest BCUT2D eigenvalue weighted by atomic mass is 11.0. The van der Waals surface area contributed by atoms with Crippen LogP contribution in [-0.4, -0.2) is 112 Å². The third-order valence-electron chi connectivity index (χ3n) is 4.74. The van der Waals surface area contributed by atoms with E-state index in [2.05, 4.69) is 61.5 Å². The first-order chi connectivity index (χ1) is 16.1. The summed E-state index contributed by atoms with van der Waals surface area (Å²) in [5.74, 6) is 0. The lowest BCUT2D eigenvalue weighted by Crippen LogP contribution is -2.22. The Hall–Kier alpha value is 1.01. The van der Waals surface area contributed by atoms with Crippen LogP contribution in [0.15, 0.2) is 0 Å². The number of rotatable bonds is 12. The molecular formula is C20H49O9P4S3+. The van der Waals surface area contributed by atoms with E-state index < -0.39 is 54.1 Å². The first-order valence-corrected chi connectivity index (χ1v) is 25.0. The van der Waals surface area contributed by atoms with Crippen molar-refractivity contribution in [3.05, 3.63) is 0 Å². The molecule has 0 saturated heterocycles. The third kappa shape index (κ3) is 35.0. The molecule has 0 unspecified atom stereocenters. The van der Waals surface area contributed by atoms with Crippen molar-refractivity contribution in [2.45, 2.75) is 41.5 Å². The van der Waals surface area contributed by atoms with Crippen molar-refractivity contribution >= 4 is 61.4 Å². The van der Waals surface area contributed by atoms with Crippen LogP contribution in [0.5, 0.6) is 0 Å². The molecule has 0 amide bonds. The van der Waals surface area contributed by atoms with E-state index in [0.717, 1.165) is 0 Å². The van der Waals surface area contributed by atoms with Crippen molar-refractivity contribution in [2.24, 2.45) is 0 Å². The molecule has 0 radical (unpaired) electrons. The molecule has 0 bridgehead atoms. The van der Waals surface area contributed by atoms with Crippen molar-refractivity contribution in [3.8, 4) is 12.1 Å².